The number of hydrogen-bond donors (Lipinski definition) is 3. The zero-order valence-corrected chi connectivity index (χ0v) is 18.6. The second-order valence-electron chi connectivity index (χ2n) is 7.56. The van der Waals surface area contributed by atoms with E-state index in [0.717, 1.165) is 30.9 Å². The highest BCUT2D eigenvalue weighted by Gasteiger charge is 2.36. The van der Waals surface area contributed by atoms with E-state index in [1.807, 2.05) is 0 Å². The molecule has 0 aromatic rings. The van der Waals surface area contributed by atoms with Crippen LogP contribution in [0.15, 0.2) is 0 Å². The van der Waals surface area contributed by atoms with E-state index in [1.54, 1.807) is 0 Å². The van der Waals surface area contributed by atoms with Gasteiger partial charge in [-0.1, -0.05) is 53.4 Å². The summed E-state index contributed by atoms with van der Waals surface area (Å²) >= 11 is 10.8. The molecule has 3 atom stereocenters. The van der Waals surface area contributed by atoms with Crippen LogP contribution in [0.4, 0.5) is 0 Å². The number of thiocarbonyl (C=S) groups is 1. The van der Waals surface area contributed by atoms with Gasteiger partial charge in [0.25, 0.3) is 0 Å². The largest absolute Gasteiger partial charge is 0.394 e. The van der Waals surface area contributed by atoms with Crippen molar-refractivity contribution in [2.24, 2.45) is 11.8 Å². The van der Waals surface area contributed by atoms with Crippen LogP contribution >= 0.6 is 25.0 Å². The van der Waals surface area contributed by atoms with Crippen molar-refractivity contribution in [1.82, 2.24) is 0 Å². The Kier molecular flexibility index (Phi) is 14.6. The van der Waals surface area contributed by atoms with E-state index in [4.69, 9.17) is 25.0 Å². The molecule has 0 aromatic carbocycles. The van der Waals surface area contributed by atoms with Crippen LogP contribution in [0.5, 0.6) is 0 Å². The molecular formula is C20H42NO2S2+. The zero-order chi connectivity index (χ0) is 19.3. The molecule has 0 spiro atoms. The first-order chi connectivity index (χ1) is 11.9. The number of hydrogen-bond acceptors (Lipinski definition) is 4. The minimum Gasteiger partial charge on any atom is -0.394 e. The molecule has 3 unspecified atom stereocenters. The van der Waals surface area contributed by atoms with E-state index in [2.05, 4.69) is 27.7 Å². The van der Waals surface area contributed by atoms with Crippen LogP contribution in [0.25, 0.3) is 0 Å². The lowest BCUT2D eigenvalue weighted by Gasteiger charge is -2.37. The predicted octanol–water partition coefficient (Wildman–Crippen LogP) is 5.15. The first kappa shape index (κ1) is 25.3. The number of rotatable bonds is 15. The Hall–Kier alpha value is 0.320. The summed E-state index contributed by atoms with van der Waals surface area (Å²) in [6.07, 6.45) is 9.18. The molecule has 0 fully saturated rings. The fourth-order valence-corrected chi connectivity index (χ4v) is 4.29. The van der Waals surface area contributed by atoms with Crippen LogP contribution in [0, 0.1) is 11.8 Å². The number of quaternary nitrogens is 1. The predicted molar refractivity (Wildman–Crippen MR) is 116 cm³/mol. The maximum atomic E-state index is 9.88. The number of nitrogens with zero attached hydrogens (tertiary/aromatic N) is 1. The Labute approximate surface area is 167 Å². The molecule has 0 aliphatic heterocycles. The minimum absolute atomic E-state index is 0.242. The topological polar surface area (TPSA) is 40.5 Å². The molecule has 2 N–H and O–H groups in total. The van der Waals surface area contributed by atoms with Crippen molar-refractivity contribution in [3.63, 3.8) is 0 Å². The molecule has 0 bridgehead atoms. The van der Waals surface area contributed by atoms with Gasteiger partial charge in [-0.05, 0) is 37.9 Å². The molecule has 0 saturated carbocycles. The van der Waals surface area contributed by atoms with Gasteiger partial charge in [0, 0.05) is 11.8 Å². The highest BCUT2D eigenvalue weighted by molar-refractivity contribution is 7.82. The van der Waals surface area contributed by atoms with Crippen molar-refractivity contribution in [2.45, 2.75) is 91.6 Å². The lowest BCUT2D eigenvalue weighted by atomic mass is 9.95. The summed E-state index contributed by atoms with van der Waals surface area (Å²) in [5.74, 6) is 1.20. The van der Waals surface area contributed by atoms with Gasteiger partial charge in [-0.3, -0.25) is 0 Å². The summed E-state index contributed by atoms with van der Waals surface area (Å²) in [5, 5.41) is 19.1. The SMILES string of the molecule is CCCCC(CC)C[N+](S)(CC(CC)CCCC)C(=S)CC(O)CO. The van der Waals surface area contributed by atoms with E-state index in [0.29, 0.717) is 22.1 Å². The number of aliphatic hydroxyl groups is 2. The van der Waals surface area contributed by atoms with Crippen LogP contribution in [-0.2, 0) is 0 Å². The third-order valence-corrected chi connectivity index (χ3v) is 6.51. The zero-order valence-electron chi connectivity index (χ0n) is 16.9. The summed E-state index contributed by atoms with van der Waals surface area (Å²) in [4.78, 5) is 0.773. The fraction of sp³-hybridized carbons (Fsp3) is 0.950. The van der Waals surface area contributed by atoms with Gasteiger partial charge in [-0.25, -0.2) is 3.89 Å². The molecule has 25 heavy (non-hydrogen) atoms. The minimum atomic E-state index is -0.774. The van der Waals surface area contributed by atoms with Crippen molar-refractivity contribution in [1.29, 1.82) is 0 Å². The molecule has 0 aliphatic rings. The number of unbranched alkanes of at least 4 members (excludes halogenated alkanes) is 2. The molecule has 3 nitrogen and oxygen atoms in total. The summed E-state index contributed by atoms with van der Waals surface area (Å²) in [6.45, 7) is 10.6. The third-order valence-electron chi connectivity index (χ3n) is 5.29. The molecule has 150 valence electrons. The van der Waals surface area contributed by atoms with Crippen molar-refractivity contribution in [3.8, 4) is 0 Å². The maximum Gasteiger partial charge on any atom is 0.188 e. The molecule has 0 aliphatic carbocycles. The van der Waals surface area contributed by atoms with Gasteiger partial charge in [0.1, 0.15) is 0 Å². The molecular weight excluding hydrogens is 350 g/mol. The Morgan fingerprint density at radius 3 is 1.72 bits per heavy atom. The van der Waals surface area contributed by atoms with Crippen LogP contribution in [0.3, 0.4) is 0 Å². The Morgan fingerprint density at radius 2 is 1.40 bits per heavy atom. The molecule has 0 radical (unpaired) electrons. The second-order valence-corrected chi connectivity index (χ2v) is 8.79. The molecule has 0 amide bonds. The highest BCUT2D eigenvalue weighted by atomic mass is 32.1. The summed E-state index contributed by atoms with van der Waals surface area (Å²) in [7, 11) is 0. The van der Waals surface area contributed by atoms with E-state index in [9.17, 15) is 10.2 Å². The first-order valence-electron chi connectivity index (χ1n) is 10.3. The molecule has 0 saturated heterocycles. The Bertz CT molecular complexity index is 335. The summed E-state index contributed by atoms with van der Waals surface area (Å²) < 4.78 is 0.469. The van der Waals surface area contributed by atoms with Crippen LogP contribution in [0.1, 0.15) is 85.5 Å². The quantitative estimate of drug-likeness (QED) is 0.205. The van der Waals surface area contributed by atoms with Gasteiger partial charge < -0.3 is 10.2 Å². The van der Waals surface area contributed by atoms with Crippen molar-refractivity contribution >= 4 is 30.0 Å². The van der Waals surface area contributed by atoms with Gasteiger partial charge in [0.2, 0.25) is 0 Å². The van der Waals surface area contributed by atoms with Gasteiger partial charge in [-0.15, -0.1) is 0 Å². The Morgan fingerprint density at radius 1 is 0.960 bits per heavy atom. The number of aliphatic hydroxyl groups excluding tert-OH is 2. The molecule has 5 heteroatoms. The second kappa shape index (κ2) is 14.4. The van der Waals surface area contributed by atoms with Crippen molar-refractivity contribution in [2.75, 3.05) is 19.7 Å². The third kappa shape index (κ3) is 10.3. The van der Waals surface area contributed by atoms with Crippen LogP contribution < -0.4 is 0 Å². The van der Waals surface area contributed by atoms with E-state index in [1.165, 1.54) is 38.5 Å². The fourth-order valence-electron chi connectivity index (χ4n) is 3.40. The lowest BCUT2D eigenvalue weighted by Crippen LogP contribution is -2.50. The van der Waals surface area contributed by atoms with Gasteiger partial charge in [0.15, 0.2) is 4.99 Å². The smallest absolute Gasteiger partial charge is 0.188 e. The summed E-state index contributed by atoms with van der Waals surface area (Å²) in [6, 6.07) is 0. The first-order valence-corrected chi connectivity index (χ1v) is 11.1. The van der Waals surface area contributed by atoms with Gasteiger partial charge in [0.05, 0.1) is 45.0 Å². The normalized spacial score (nSPS) is 17.7. The van der Waals surface area contributed by atoms with Crippen LogP contribution in [0.2, 0.25) is 0 Å². The average molecular weight is 393 g/mol. The molecule has 0 heterocycles. The maximum absolute atomic E-state index is 9.88. The molecule has 0 aromatic heterocycles. The summed E-state index contributed by atoms with van der Waals surface area (Å²) in [5.41, 5.74) is 0. The van der Waals surface area contributed by atoms with E-state index in [-0.39, 0.29) is 6.61 Å². The lowest BCUT2D eigenvalue weighted by molar-refractivity contribution is -0.704. The Balaban J connectivity index is 5.20. The van der Waals surface area contributed by atoms with Crippen LogP contribution in [-0.4, -0.2) is 44.9 Å². The standard InChI is InChI=1S/C20H42NO2S2/c1-5-9-11-17(7-3)14-21(25,20(24)13-19(23)16-22)15-18(8-4)12-10-6-2/h17-19,22-23,25H,5-16H2,1-4H3/q+1. The molecule has 0 rings (SSSR count). The van der Waals surface area contributed by atoms with Crippen molar-refractivity contribution in [3.05, 3.63) is 0 Å². The van der Waals surface area contributed by atoms with Gasteiger partial charge >= 0.3 is 0 Å². The highest BCUT2D eigenvalue weighted by Crippen LogP contribution is 2.29. The van der Waals surface area contributed by atoms with E-state index >= 15 is 0 Å². The van der Waals surface area contributed by atoms with Gasteiger partial charge in [-0.2, -0.15) is 0 Å². The van der Waals surface area contributed by atoms with Crippen molar-refractivity contribution < 1.29 is 14.1 Å². The number of thiol groups is 1. The monoisotopic (exact) mass is 392 g/mol. The average Bonchev–Trinajstić information content (AvgIpc) is 2.61. The van der Waals surface area contributed by atoms with E-state index < -0.39 is 6.10 Å².